The van der Waals surface area contributed by atoms with Crippen LogP contribution in [-0.2, 0) is 4.74 Å². The first kappa shape index (κ1) is 23.3. The van der Waals surface area contributed by atoms with Crippen molar-refractivity contribution in [3.8, 4) is 5.88 Å². The lowest BCUT2D eigenvalue weighted by Gasteiger charge is -2.52. The van der Waals surface area contributed by atoms with Crippen LogP contribution in [0.15, 0.2) is 12.4 Å². The number of piperidine rings is 1. The second-order valence-electron chi connectivity index (χ2n) is 11.0. The number of amides is 2. The predicted molar refractivity (Wildman–Crippen MR) is 123 cm³/mol. The van der Waals surface area contributed by atoms with Crippen LogP contribution in [0.25, 0.3) is 0 Å². The Bertz CT molecular complexity index is 887. The van der Waals surface area contributed by atoms with Gasteiger partial charge in [-0.3, -0.25) is 4.79 Å². The van der Waals surface area contributed by atoms with Crippen molar-refractivity contribution in [3.05, 3.63) is 18.1 Å². The van der Waals surface area contributed by atoms with Crippen molar-refractivity contribution < 1.29 is 24.2 Å². The molecule has 5 rings (SSSR count). The number of aromatic nitrogens is 2. The van der Waals surface area contributed by atoms with Gasteiger partial charge < -0.3 is 24.4 Å². The lowest BCUT2D eigenvalue weighted by Crippen LogP contribution is -2.49. The summed E-state index contributed by atoms with van der Waals surface area (Å²) in [5, 5.41) is 9.59. The van der Waals surface area contributed by atoms with Crippen molar-refractivity contribution in [1.82, 2.24) is 19.8 Å². The molecule has 0 aromatic carbocycles. The Morgan fingerprint density at radius 1 is 1.09 bits per heavy atom. The van der Waals surface area contributed by atoms with E-state index in [4.69, 9.17) is 9.47 Å². The lowest BCUT2D eigenvalue weighted by atomic mass is 9.56. The molecule has 0 radical (unpaired) electrons. The first-order chi connectivity index (χ1) is 16.3. The molecule has 9 nitrogen and oxygen atoms in total. The molecule has 2 amide bonds. The van der Waals surface area contributed by atoms with Gasteiger partial charge in [-0.25, -0.2) is 14.8 Å². The van der Waals surface area contributed by atoms with Crippen molar-refractivity contribution in [2.75, 3.05) is 32.8 Å². The lowest BCUT2D eigenvalue weighted by molar-refractivity contribution is -0.0232. The van der Waals surface area contributed by atoms with Gasteiger partial charge in [0.1, 0.15) is 11.3 Å². The third kappa shape index (κ3) is 5.29. The molecule has 0 bridgehead atoms. The Morgan fingerprint density at radius 3 is 2.47 bits per heavy atom. The molecule has 0 unspecified atom stereocenters. The maximum atomic E-state index is 12.4. The number of ether oxygens (including phenoxy) is 2. The minimum absolute atomic E-state index is 0.127. The number of β-amino-alcohol motifs (C(OH)–C–C–N with tert-alkyl or cyclic N) is 1. The molecule has 2 saturated heterocycles. The van der Waals surface area contributed by atoms with Gasteiger partial charge in [-0.05, 0) is 76.0 Å². The highest BCUT2D eigenvalue weighted by atomic mass is 16.6. The second-order valence-corrected chi connectivity index (χ2v) is 11.0. The van der Waals surface area contributed by atoms with Crippen LogP contribution in [-0.4, -0.2) is 81.4 Å². The summed E-state index contributed by atoms with van der Waals surface area (Å²) in [5.41, 5.74) is 0.506. The highest BCUT2D eigenvalue weighted by molar-refractivity contribution is 5.92. The van der Waals surface area contributed by atoms with Gasteiger partial charge in [0, 0.05) is 26.2 Å². The van der Waals surface area contributed by atoms with Crippen molar-refractivity contribution in [2.24, 2.45) is 11.3 Å². The zero-order valence-electron chi connectivity index (χ0n) is 20.1. The van der Waals surface area contributed by atoms with Crippen LogP contribution in [0.3, 0.4) is 0 Å². The third-order valence-corrected chi connectivity index (χ3v) is 8.12. The summed E-state index contributed by atoms with van der Waals surface area (Å²) >= 11 is 0. The Kier molecular flexibility index (Phi) is 6.39. The first-order valence-corrected chi connectivity index (χ1v) is 12.7. The molecule has 1 aromatic heterocycles. The van der Waals surface area contributed by atoms with Gasteiger partial charge in [-0.1, -0.05) is 0 Å². The van der Waals surface area contributed by atoms with E-state index in [2.05, 4.69) is 9.97 Å². The largest absolute Gasteiger partial charge is 0.477 e. The molecule has 9 heteroatoms. The number of rotatable bonds is 7. The molecule has 2 saturated carbocycles. The first-order valence-electron chi connectivity index (χ1n) is 12.7. The summed E-state index contributed by atoms with van der Waals surface area (Å²) in [6.07, 6.45) is 11.7. The average Bonchev–Trinajstić information content (AvgIpc) is 3.37. The summed E-state index contributed by atoms with van der Waals surface area (Å²) in [6, 6.07) is 0. The fourth-order valence-corrected chi connectivity index (χ4v) is 5.63. The Labute approximate surface area is 200 Å². The zero-order valence-corrected chi connectivity index (χ0v) is 20.1. The van der Waals surface area contributed by atoms with Crippen LogP contribution in [0.1, 0.15) is 75.2 Å². The highest BCUT2D eigenvalue weighted by Crippen LogP contribution is 2.54. The standard InChI is InChI=1S/C25H36N4O5/c1-24(5-6-24)34-23(32)28-10-7-25(8-11-28)13-18(14-25)3-2-12-33-21-16-26-20(15-27-21)22(31)29-9-4-19(30)17-29/h15-16,18-19,30H,2-14,17H2,1H3/t19-/m0/s1. The number of likely N-dealkylation sites (tertiary alicyclic amines) is 2. The normalized spacial score (nSPS) is 25.2. The summed E-state index contributed by atoms with van der Waals surface area (Å²) in [7, 11) is 0. The van der Waals surface area contributed by atoms with E-state index in [1.807, 2.05) is 11.8 Å². The molecule has 4 fully saturated rings. The number of aliphatic hydroxyl groups excluding tert-OH is 1. The second kappa shape index (κ2) is 9.32. The van der Waals surface area contributed by atoms with Gasteiger partial charge in [0.05, 0.1) is 25.1 Å². The number of carbonyl (C=O) groups is 2. The van der Waals surface area contributed by atoms with Crippen LogP contribution in [0, 0.1) is 11.3 Å². The monoisotopic (exact) mass is 472 g/mol. The molecule has 3 heterocycles. The molecule has 34 heavy (non-hydrogen) atoms. The predicted octanol–water partition coefficient (Wildman–Crippen LogP) is 3.02. The molecule has 1 atom stereocenters. The molecule has 1 N–H and O–H groups in total. The van der Waals surface area contributed by atoms with Crippen LogP contribution >= 0.6 is 0 Å². The summed E-state index contributed by atoms with van der Waals surface area (Å²) < 4.78 is 11.3. The quantitative estimate of drug-likeness (QED) is 0.608. The maximum Gasteiger partial charge on any atom is 0.410 e. The van der Waals surface area contributed by atoms with Crippen molar-refractivity contribution in [1.29, 1.82) is 0 Å². The van der Waals surface area contributed by atoms with Gasteiger partial charge in [0.25, 0.3) is 5.91 Å². The molecule has 2 aliphatic heterocycles. The number of aliphatic hydroxyl groups is 1. The van der Waals surface area contributed by atoms with E-state index in [1.54, 1.807) is 4.90 Å². The van der Waals surface area contributed by atoms with Crippen LogP contribution < -0.4 is 4.74 Å². The highest BCUT2D eigenvalue weighted by Gasteiger charge is 2.47. The van der Waals surface area contributed by atoms with E-state index < -0.39 is 6.10 Å². The fraction of sp³-hybridized carbons (Fsp3) is 0.760. The summed E-state index contributed by atoms with van der Waals surface area (Å²) in [6.45, 7) is 5.14. The van der Waals surface area contributed by atoms with Crippen molar-refractivity contribution in [3.63, 3.8) is 0 Å². The van der Waals surface area contributed by atoms with Crippen LogP contribution in [0.2, 0.25) is 0 Å². The van der Waals surface area contributed by atoms with Crippen molar-refractivity contribution >= 4 is 12.0 Å². The summed E-state index contributed by atoms with van der Waals surface area (Å²) in [5.74, 6) is 0.964. The van der Waals surface area contributed by atoms with E-state index in [-0.39, 0.29) is 23.3 Å². The van der Waals surface area contributed by atoms with E-state index in [0.29, 0.717) is 37.4 Å². The number of hydrogen-bond donors (Lipinski definition) is 1. The van der Waals surface area contributed by atoms with E-state index in [0.717, 1.165) is 57.5 Å². The third-order valence-electron chi connectivity index (χ3n) is 8.12. The smallest absolute Gasteiger partial charge is 0.410 e. The van der Waals surface area contributed by atoms with Gasteiger partial charge in [0.15, 0.2) is 0 Å². The molecule has 4 aliphatic rings. The van der Waals surface area contributed by atoms with E-state index >= 15 is 0 Å². The number of nitrogens with zero attached hydrogens (tertiary/aromatic N) is 4. The van der Waals surface area contributed by atoms with Gasteiger partial charge >= 0.3 is 6.09 Å². The van der Waals surface area contributed by atoms with Gasteiger partial charge in [-0.2, -0.15) is 0 Å². The molecule has 1 aromatic rings. The number of carbonyl (C=O) groups excluding carboxylic acids is 2. The molecule has 1 spiro atoms. The minimum atomic E-state index is -0.447. The maximum absolute atomic E-state index is 12.4. The van der Waals surface area contributed by atoms with E-state index in [9.17, 15) is 14.7 Å². The Hall–Kier alpha value is -2.42. The Morgan fingerprint density at radius 2 is 1.85 bits per heavy atom. The zero-order chi connectivity index (χ0) is 23.8. The van der Waals surface area contributed by atoms with Crippen LogP contribution in [0.5, 0.6) is 5.88 Å². The van der Waals surface area contributed by atoms with Gasteiger partial charge in [-0.15, -0.1) is 0 Å². The topological polar surface area (TPSA) is 105 Å². The molecule has 2 aliphatic carbocycles. The molecule has 186 valence electrons. The minimum Gasteiger partial charge on any atom is -0.477 e. The molecular weight excluding hydrogens is 436 g/mol. The van der Waals surface area contributed by atoms with E-state index in [1.165, 1.54) is 25.2 Å². The fourth-order valence-electron chi connectivity index (χ4n) is 5.63. The van der Waals surface area contributed by atoms with Crippen LogP contribution in [0.4, 0.5) is 4.79 Å². The van der Waals surface area contributed by atoms with Crippen molar-refractivity contribution in [2.45, 2.75) is 76.4 Å². The Balaban J connectivity index is 0.963. The number of hydrogen-bond acceptors (Lipinski definition) is 7. The van der Waals surface area contributed by atoms with Gasteiger partial charge in [0.2, 0.25) is 5.88 Å². The average molecular weight is 473 g/mol. The molecular formula is C25H36N4O5. The summed E-state index contributed by atoms with van der Waals surface area (Å²) in [4.78, 5) is 36.6. The SMILES string of the molecule is CC1(OC(=O)N2CCC3(CC2)CC(CCCOc2cnc(C(=O)N4CC[C@H](O)C4)cn2)C3)CC1.